The van der Waals surface area contributed by atoms with Crippen molar-refractivity contribution in [3.8, 4) is 0 Å². The molecule has 0 aliphatic rings. The second kappa shape index (κ2) is 5.46. The van der Waals surface area contributed by atoms with Gasteiger partial charge in [-0.1, -0.05) is 27.3 Å². The summed E-state index contributed by atoms with van der Waals surface area (Å²) in [6.45, 7) is 2.33. The zero-order valence-electron chi connectivity index (χ0n) is 9.20. The van der Waals surface area contributed by atoms with Crippen LogP contribution in [0, 0.1) is 0 Å². The molecule has 0 aliphatic heterocycles. The van der Waals surface area contributed by atoms with Crippen molar-refractivity contribution in [3.63, 3.8) is 0 Å². The van der Waals surface area contributed by atoms with E-state index in [1.54, 1.807) is 6.92 Å². The molecule has 0 spiro atoms. The van der Waals surface area contributed by atoms with Gasteiger partial charge in [0, 0.05) is 4.47 Å². The van der Waals surface area contributed by atoms with Gasteiger partial charge in [0.1, 0.15) is 6.54 Å². The molecule has 1 heterocycles. The minimum absolute atomic E-state index is 0.148. The van der Waals surface area contributed by atoms with Crippen molar-refractivity contribution in [2.24, 2.45) is 0 Å². The number of rotatable bonds is 4. The molecule has 4 nitrogen and oxygen atoms in total. The Kier molecular flexibility index (Phi) is 3.96. The van der Waals surface area contributed by atoms with Crippen LogP contribution in [0.25, 0.3) is 10.2 Å². The van der Waals surface area contributed by atoms with Crippen molar-refractivity contribution in [2.75, 3.05) is 18.5 Å². The van der Waals surface area contributed by atoms with Crippen molar-refractivity contribution in [2.45, 2.75) is 6.92 Å². The van der Waals surface area contributed by atoms with Crippen LogP contribution < -0.4 is 5.32 Å². The first-order valence-corrected chi connectivity index (χ1v) is 6.75. The molecule has 0 amide bonds. The highest BCUT2D eigenvalue weighted by Crippen LogP contribution is 2.28. The van der Waals surface area contributed by atoms with Gasteiger partial charge < -0.3 is 10.1 Å². The first kappa shape index (κ1) is 12.3. The normalized spacial score (nSPS) is 10.5. The molecule has 0 aliphatic carbocycles. The van der Waals surface area contributed by atoms with Gasteiger partial charge in [0.2, 0.25) is 0 Å². The second-order valence-electron chi connectivity index (χ2n) is 3.29. The summed E-state index contributed by atoms with van der Waals surface area (Å²) >= 11 is 4.92. The Hall–Kier alpha value is -1.14. The first-order valence-electron chi connectivity index (χ1n) is 5.14. The van der Waals surface area contributed by atoms with Gasteiger partial charge in [-0.15, -0.1) is 0 Å². The number of fused-ring (bicyclic) bond motifs is 1. The van der Waals surface area contributed by atoms with Crippen molar-refractivity contribution in [1.29, 1.82) is 0 Å². The van der Waals surface area contributed by atoms with Crippen LogP contribution >= 0.6 is 27.3 Å². The monoisotopic (exact) mass is 314 g/mol. The number of benzene rings is 1. The van der Waals surface area contributed by atoms with Crippen LogP contribution in [0.2, 0.25) is 0 Å². The number of ether oxygens (including phenoxy) is 1. The van der Waals surface area contributed by atoms with Gasteiger partial charge in [-0.3, -0.25) is 4.79 Å². The summed E-state index contributed by atoms with van der Waals surface area (Å²) in [5, 5.41) is 3.68. The van der Waals surface area contributed by atoms with Crippen LogP contribution in [0.4, 0.5) is 5.13 Å². The molecule has 0 bridgehead atoms. The number of carbonyl (C=O) groups is 1. The van der Waals surface area contributed by atoms with Gasteiger partial charge in [0.15, 0.2) is 5.13 Å². The maximum Gasteiger partial charge on any atom is 0.325 e. The Balaban J connectivity index is 2.07. The molecule has 2 aromatic rings. The number of halogens is 1. The number of hydrogen-bond acceptors (Lipinski definition) is 5. The quantitative estimate of drug-likeness (QED) is 0.881. The largest absolute Gasteiger partial charge is 0.465 e. The van der Waals surface area contributed by atoms with Gasteiger partial charge in [0.25, 0.3) is 0 Å². The average Bonchev–Trinajstić information content (AvgIpc) is 2.68. The molecule has 90 valence electrons. The first-order chi connectivity index (χ1) is 8.19. The molecular formula is C11H11BrN2O2S. The second-order valence-corrected chi connectivity index (χ2v) is 5.24. The standard InChI is InChI=1S/C11H11BrN2O2S/c1-2-16-10(15)6-13-11-14-8-4-3-7(12)5-9(8)17-11/h3-5H,2,6H2,1H3,(H,13,14). The fourth-order valence-corrected chi connectivity index (χ4v) is 2.75. The summed E-state index contributed by atoms with van der Waals surface area (Å²) in [6.07, 6.45) is 0. The van der Waals surface area contributed by atoms with Crippen LogP contribution in [0.1, 0.15) is 6.92 Å². The van der Waals surface area contributed by atoms with E-state index in [0.29, 0.717) is 6.61 Å². The predicted molar refractivity (Wildman–Crippen MR) is 72.4 cm³/mol. The third-order valence-electron chi connectivity index (χ3n) is 2.04. The molecule has 2 rings (SSSR count). The molecule has 0 atom stereocenters. The number of esters is 1. The molecular weight excluding hydrogens is 304 g/mol. The molecule has 0 unspecified atom stereocenters. The third-order valence-corrected chi connectivity index (χ3v) is 3.51. The highest BCUT2D eigenvalue weighted by Gasteiger charge is 2.06. The van der Waals surface area contributed by atoms with Crippen molar-refractivity contribution in [1.82, 2.24) is 4.98 Å². The number of anilines is 1. The Bertz CT molecular complexity index is 541. The Morgan fingerprint density at radius 3 is 3.18 bits per heavy atom. The van der Waals surface area contributed by atoms with E-state index in [1.807, 2.05) is 18.2 Å². The van der Waals surface area contributed by atoms with Gasteiger partial charge in [-0.2, -0.15) is 0 Å². The Morgan fingerprint density at radius 1 is 1.59 bits per heavy atom. The van der Waals surface area contributed by atoms with Crippen LogP contribution in [0.3, 0.4) is 0 Å². The lowest BCUT2D eigenvalue weighted by atomic mass is 10.3. The summed E-state index contributed by atoms with van der Waals surface area (Å²) in [5.41, 5.74) is 0.921. The highest BCUT2D eigenvalue weighted by molar-refractivity contribution is 9.10. The van der Waals surface area contributed by atoms with E-state index < -0.39 is 0 Å². The van der Waals surface area contributed by atoms with Crippen LogP contribution in [-0.2, 0) is 9.53 Å². The van der Waals surface area contributed by atoms with Gasteiger partial charge in [0.05, 0.1) is 16.8 Å². The Morgan fingerprint density at radius 2 is 2.41 bits per heavy atom. The minimum Gasteiger partial charge on any atom is -0.465 e. The number of hydrogen-bond donors (Lipinski definition) is 1. The third kappa shape index (κ3) is 3.17. The smallest absolute Gasteiger partial charge is 0.325 e. The number of nitrogens with one attached hydrogen (secondary N) is 1. The average molecular weight is 315 g/mol. The topological polar surface area (TPSA) is 51.2 Å². The van der Waals surface area contributed by atoms with Gasteiger partial charge in [-0.05, 0) is 25.1 Å². The number of nitrogens with zero attached hydrogens (tertiary/aromatic N) is 1. The molecule has 0 fully saturated rings. The highest BCUT2D eigenvalue weighted by atomic mass is 79.9. The van der Waals surface area contributed by atoms with Crippen LogP contribution in [-0.4, -0.2) is 24.1 Å². The lowest BCUT2D eigenvalue weighted by Crippen LogP contribution is -2.16. The summed E-state index contributed by atoms with van der Waals surface area (Å²) in [5.74, 6) is -0.270. The molecule has 1 aromatic carbocycles. The van der Waals surface area contributed by atoms with E-state index in [1.165, 1.54) is 11.3 Å². The maximum absolute atomic E-state index is 11.2. The molecule has 17 heavy (non-hydrogen) atoms. The zero-order valence-corrected chi connectivity index (χ0v) is 11.6. The molecule has 1 N–H and O–H groups in total. The lowest BCUT2D eigenvalue weighted by molar-refractivity contribution is -0.140. The maximum atomic E-state index is 11.2. The van der Waals surface area contributed by atoms with E-state index in [4.69, 9.17) is 4.74 Å². The summed E-state index contributed by atoms with van der Waals surface area (Å²) in [6, 6.07) is 5.88. The molecule has 0 saturated heterocycles. The van der Waals surface area contributed by atoms with Crippen molar-refractivity contribution < 1.29 is 9.53 Å². The summed E-state index contributed by atoms with van der Waals surface area (Å²) in [7, 11) is 0. The van der Waals surface area contributed by atoms with Crippen molar-refractivity contribution in [3.05, 3.63) is 22.7 Å². The van der Waals surface area contributed by atoms with E-state index in [-0.39, 0.29) is 12.5 Å². The molecule has 1 aromatic heterocycles. The SMILES string of the molecule is CCOC(=O)CNc1nc2ccc(Br)cc2s1. The predicted octanol–water partition coefficient (Wildman–Crippen LogP) is 3.03. The van der Waals surface area contributed by atoms with E-state index in [2.05, 4.69) is 26.2 Å². The zero-order chi connectivity index (χ0) is 12.3. The fraction of sp³-hybridized carbons (Fsp3) is 0.273. The van der Waals surface area contributed by atoms with Crippen molar-refractivity contribution >= 4 is 48.6 Å². The van der Waals surface area contributed by atoms with Crippen LogP contribution in [0.5, 0.6) is 0 Å². The lowest BCUT2D eigenvalue weighted by Gasteiger charge is -2.01. The van der Waals surface area contributed by atoms with Crippen LogP contribution in [0.15, 0.2) is 22.7 Å². The van der Waals surface area contributed by atoms with Gasteiger partial charge >= 0.3 is 5.97 Å². The van der Waals surface area contributed by atoms with Gasteiger partial charge in [-0.25, -0.2) is 4.98 Å². The summed E-state index contributed by atoms with van der Waals surface area (Å²) < 4.78 is 6.92. The van der Waals surface area contributed by atoms with E-state index in [9.17, 15) is 4.79 Å². The number of aromatic nitrogens is 1. The fourth-order valence-electron chi connectivity index (χ4n) is 1.33. The molecule has 6 heteroatoms. The van der Waals surface area contributed by atoms with E-state index in [0.717, 1.165) is 19.8 Å². The summed E-state index contributed by atoms with van der Waals surface area (Å²) in [4.78, 5) is 15.5. The minimum atomic E-state index is -0.270. The number of carbonyl (C=O) groups excluding carboxylic acids is 1. The molecule has 0 radical (unpaired) electrons. The molecule has 0 saturated carbocycles. The Labute approximate surface area is 111 Å². The number of thiazole rings is 1. The van der Waals surface area contributed by atoms with E-state index >= 15 is 0 Å².